The molecule has 0 bridgehead atoms. The predicted octanol–water partition coefficient (Wildman–Crippen LogP) is 1.59. The summed E-state index contributed by atoms with van der Waals surface area (Å²) in [6.07, 6.45) is 0.465. The Kier molecular flexibility index (Phi) is 4.32. The van der Waals surface area contributed by atoms with Crippen LogP contribution in [0.15, 0.2) is 47.5 Å². The minimum atomic E-state index is -3.93. The Morgan fingerprint density at radius 3 is 2.75 bits per heavy atom. The van der Waals surface area contributed by atoms with E-state index in [2.05, 4.69) is 4.98 Å². The first-order valence-electron chi connectivity index (χ1n) is 7.23. The number of aromatic nitrogens is 1. The van der Waals surface area contributed by atoms with Gasteiger partial charge in [-0.3, -0.25) is 0 Å². The maximum absolute atomic E-state index is 13.5. The molecule has 0 spiro atoms. The minimum Gasteiger partial charge on any atom is -0.392 e. The zero-order valence-corrected chi connectivity index (χ0v) is 13.3. The van der Waals surface area contributed by atoms with Crippen LogP contribution in [0, 0.1) is 17.1 Å². The zero-order valence-electron chi connectivity index (χ0n) is 12.5. The summed E-state index contributed by atoms with van der Waals surface area (Å²) in [5.41, 5.74) is 0.591. The van der Waals surface area contributed by atoms with Gasteiger partial charge in [-0.05, 0) is 36.2 Å². The third-order valence-corrected chi connectivity index (χ3v) is 5.78. The molecule has 2 atom stereocenters. The normalized spacial score (nSPS) is 21.5. The van der Waals surface area contributed by atoms with Gasteiger partial charge in [0.15, 0.2) is 0 Å². The van der Waals surface area contributed by atoms with E-state index in [0.29, 0.717) is 5.56 Å². The zero-order chi connectivity index (χ0) is 17.3. The quantitative estimate of drug-likeness (QED) is 0.910. The monoisotopic (exact) mass is 347 g/mol. The van der Waals surface area contributed by atoms with Crippen LogP contribution in [0.1, 0.15) is 23.7 Å². The third-order valence-electron chi connectivity index (χ3n) is 3.92. The van der Waals surface area contributed by atoms with Crippen LogP contribution in [-0.4, -0.2) is 35.5 Å². The SMILES string of the molecule is N#Cc1ccc(S(=O)(=O)N2CC(O)CC2c2cccc(F)c2)cn1. The van der Waals surface area contributed by atoms with Crippen molar-refractivity contribution in [3.05, 3.63) is 59.7 Å². The first kappa shape index (κ1) is 16.5. The van der Waals surface area contributed by atoms with E-state index in [9.17, 15) is 17.9 Å². The largest absolute Gasteiger partial charge is 0.392 e. The van der Waals surface area contributed by atoms with Crippen molar-refractivity contribution in [2.24, 2.45) is 0 Å². The highest BCUT2D eigenvalue weighted by Gasteiger charge is 2.40. The molecule has 1 aromatic heterocycles. The van der Waals surface area contributed by atoms with Gasteiger partial charge in [0.05, 0.1) is 12.1 Å². The molecule has 0 radical (unpaired) electrons. The molecule has 0 aliphatic carbocycles. The number of hydrogen-bond donors (Lipinski definition) is 1. The van der Waals surface area contributed by atoms with Crippen LogP contribution < -0.4 is 0 Å². The molecular formula is C16H14FN3O3S. The minimum absolute atomic E-state index is 0.0722. The number of rotatable bonds is 3. The van der Waals surface area contributed by atoms with Gasteiger partial charge in [-0.1, -0.05) is 12.1 Å². The number of β-amino-alcohol motifs (C(OH)–C–C–N with tert-alkyl or cyclic N) is 1. The van der Waals surface area contributed by atoms with Gasteiger partial charge in [0, 0.05) is 12.7 Å². The number of sulfonamides is 1. The van der Waals surface area contributed by atoms with Crippen molar-refractivity contribution < 1.29 is 17.9 Å². The lowest BCUT2D eigenvalue weighted by atomic mass is 10.0. The molecule has 0 amide bonds. The second kappa shape index (κ2) is 6.28. The first-order valence-corrected chi connectivity index (χ1v) is 8.67. The van der Waals surface area contributed by atoms with E-state index in [4.69, 9.17) is 5.26 Å². The summed E-state index contributed by atoms with van der Waals surface area (Å²) in [6, 6.07) is 9.46. The standard InChI is InChI=1S/C16H14FN3O3S/c17-12-3-1-2-11(6-12)16-7-14(21)10-20(16)24(22,23)15-5-4-13(8-18)19-9-15/h1-6,9,14,16,21H,7,10H2. The van der Waals surface area contributed by atoms with Gasteiger partial charge in [-0.2, -0.15) is 9.57 Å². The number of benzene rings is 1. The molecule has 1 N–H and O–H groups in total. The van der Waals surface area contributed by atoms with Crippen LogP contribution in [0.25, 0.3) is 0 Å². The van der Waals surface area contributed by atoms with Crippen LogP contribution in [0.4, 0.5) is 4.39 Å². The number of aliphatic hydroxyl groups excluding tert-OH is 1. The Hall–Kier alpha value is -2.34. The van der Waals surface area contributed by atoms with Crippen molar-refractivity contribution in [3.63, 3.8) is 0 Å². The Labute approximate surface area is 138 Å². The van der Waals surface area contributed by atoms with E-state index in [1.165, 1.54) is 30.3 Å². The number of halogens is 1. The molecule has 3 rings (SSSR count). The summed E-state index contributed by atoms with van der Waals surface area (Å²) >= 11 is 0. The second-order valence-electron chi connectivity index (χ2n) is 5.53. The van der Waals surface area contributed by atoms with Crippen molar-refractivity contribution >= 4 is 10.0 Å². The lowest BCUT2D eigenvalue weighted by Crippen LogP contribution is -2.32. The molecule has 1 fully saturated rings. The average Bonchev–Trinajstić information content (AvgIpc) is 2.98. The van der Waals surface area contributed by atoms with Crippen LogP contribution in [0.3, 0.4) is 0 Å². The Balaban J connectivity index is 1.99. The van der Waals surface area contributed by atoms with Gasteiger partial charge >= 0.3 is 0 Å². The molecule has 1 saturated heterocycles. The fourth-order valence-corrected chi connectivity index (χ4v) is 4.41. The maximum atomic E-state index is 13.5. The number of nitriles is 1. The lowest BCUT2D eigenvalue weighted by Gasteiger charge is -2.24. The van der Waals surface area contributed by atoms with Crippen molar-refractivity contribution in [2.45, 2.75) is 23.5 Å². The molecule has 124 valence electrons. The summed E-state index contributed by atoms with van der Waals surface area (Å²) in [6.45, 7) is -0.0798. The summed E-state index contributed by atoms with van der Waals surface area (Å²) in [5.74, 6) is -0.466. The Bertz CT molecular complexity index is 894. The van der Waals surface area contributed by atoms with E-state index >= 15 is 0 Å². The molecule has 1 aliphatic heterocycles. The highest BCUT2D eigenvalue weighted by Crippen LogP contribution is 2.36. The molecule has 24 heavy (non-hydrogen) atoms. The summed E-state index contributed by atoms with van der Waals surface area (Å²) in [4.78, 5) is 3.70. The van der Waals surface area contributed by atoms with Gasteiger partial charge in [0.2, 0.25) is 10.0 Å². The maximum Gasteiger partial charge on any atom is 0.245 e. The fourth-order valence-electron chi connectivity index (χ4n) is 2.80. The Morgan fingerprint density at radius 2 is 2.12 bits per heavy atom. The molecule has 1 aromatic carbocycles. The second-order valence-corrected chi connectivity index (χ2v) is 7.42. The predicted molar refractivity (Wildman–Crippen MR) is 82.6 cm³/mol. The van der Waals surface area contributed by atoms with Crippen molar-refractivity contribution in [2.75, 3.05) is 6.54 Å². The highest BCUT2D eigenvalue weighted by molar-refractivity contribution is 7.89. The fraction of sp³-hybridized carbons (Fsp3) is 0.250. The van der Waals surface area contributed by atoms with Crippen LogP contribution >= 0.6 is 0 Å². The van der Waals surface area contributed by atoms with E-state index in [-0.39, 0.29) is 23.6 Å². The van der Waals surface area contributed by atoms with Crippen molar-refractivity contribution in [1.29, 1.82) is 5.26 Å². The van der Waals surface area contributed by atoms with Gasteiger partial charge in [0.25, 0.3) is 0 Å². The lowest BCUT2D eigenvalue weighted by molar-refractivity contribution is 0.188. The van der Waals surface area contributed by atoms with Crippen LogP contribution in [-0.2, 0) is 10.0 Å². The van der Waals surface area contributed by atoms with E-state index < -0.39 is 28.0 Å². The van der Waals surface area contributed by atoms with Gasteiger partial charge in [0.1, 0.15) is 22.5 Å². The number of hydrogen-bond acceptors (Lipinski definition) is 5. The van der Waals surface area contributed by atoms with Crippen LogP contribution in [0.2, 0.25) is 0 Å². The van der Waals surface area contributed by atoms with Crippen molar-refractivity contribution in [3.8, 4) is 6.07 Å². The number of aliphatic hydroxyl groups is 1. The summed E-state index contributed by atoms with van der Waals surface area (Å²) in [5, 5.41) is 18.7. The summed E-state index contributed by atoms with van der Waals surface area (Å²) in [7, 11) is -3.93. The molecule has 8 heteroatoms. The Morgan fingerprint density at radius 1 is 1.33 bits per heavy atom. The average molecular weight is 347 g/mol. The van der Waals surface area contributed by atoms with E-state index in [1.807, 2.05) is 6.07 Å². The van der Waals surface area contributed by atoms with Gasteiger partial charge in [-0.15, -0.1) is 0 Å². The molecule has 6 nitrogen and oxygen atoms in total. The molecule has 2 heterocycles. The topological polar surface area (TPSA) is 94.3 Å². The first-order chi connectivity index (χ1) is 11.4. The van der Waals surface area contributed by atoms with Gasteiger partial charge in [-0.25, -0.2) is 17.8 Å². The molecule has 2 unspecified atom stereocenters. The molecule has 2 aromatic rings. The third kappa shape index (κ3) is 3.01. The molecular weight excluding hydrogens is 333 g/mol. The highest BCUT2D eigenvalue weighted by atomic mass is 32.2. The number of nitrogens with zero attached hydrogens (tertiary/aromatic N) is 3. The van der Waals surface area contributed by atoms with Gasteiger partial charge < -0.3 is 5.11 Å². The molecule has 0 saturated carbocycles. The number of pyridine rings is 1. The summed E-state index contributed by atoms with van der Waals surface area (Å²) < 4.78 is 40.3. The molecule has 1 aliphatic rings. The smallest absolute Gasteiger partial charge is 0.245 e. The van der Waals surface area contributed by atoms with Crippen LogP contribution in [0.5, 0.6) is 0 Å². The van der Waals surface area contributed by atoms with E-state index in [0.717, 1.165) is 10.5 Å². The van der Waals surface area contributed by atoms with Crippen molar-refractivity contribution in [1.82, 2.24) is 9.29 Å². The van der Waals surface area contributed by atoms with E-state index in [1.54, 1.807) is 6.07 Å².